The molecule has 0 unspecified atom stereocenters. The van der Waals surface area contributed by atoms with Gasteiger partial charge in [0.15, 0.2) is 0 Å². The molecule has 1 rings (SSSR count). The number of rotatable bonds is 1. The zero-order chi connectivity index (χ0) is 10.0. The first-order valence-corrected chi connectivity index (χ1v) is 5.49. The molecule has 0 heterocycles. The second-order valence-corrected chi connectivity index (χ2v) is 4.12. The molecular formula is C11H15NS. The molecule has 0 saturated carbocycles. The van der Waals surface area contributed by atoms with Crippen LogP contribution in [-0.4, -0.2) is 11.3 Å². The van der Waals surface area contributed by atoms with Crippen molar-refractivity contribution in [1.29, 1.82) is 5.41 Å². The van der Waals surface area contributed by atoms with E-state index in [0.29, 0.717) is 5.04 Å². The summed E-state index contributed by atoms with van der Waals surface area (Å²) in [5, 5.41) is 8.46. The topological polar surface area (TPSA) is 23.9 Å². The molecule has 0 aromatic heterocycles. The molecule has 0 radical (unpaired) electrons. The summed E-state index contributed by atoms with van der Waals surface area (Å²) < 4.78 is 0. The molecule has 1 aromatic rings. The van der Waals surface area contributed by atoms with Gasteiger partial charge in [0.1, 0.15) is 0 Å². The van der Waals surface area contributed by atoms with E-state index in [1.54, 1.807) is 0 Å². The fourth-order valence-electron chi connectivity index (χ4n) is 1.64. The third-order valence-corrected chi connectivity index (χ3v) is 2.72. The van der Waals surface area contributed by atoms with Gasteiger partial charge in [-0.2, -0.15) is 0 Å². The van der Waals surface area contributed by atoms with Crippen LogP contribution in [0, 0.1) is 26.2 Å². The van der Waals surface area contributed by atoms with Gasteiger partial charge in [-0.05, 0) is 38.2 Å². The molecule has 0 atom stereocenters. The second-order valence-electron chi connectivity index (χ2n) is 3.31. The largest absolute Gasteiger partial charge is 0.293 e. The molecule has 0 spiro atoms. The maximum Gasteiger partial charge on any atom is 0.0945 e. The molecule has 1 aromatic carbocycles. The fraction of sp³-hybridized carbons (Fsp3) is 0.364. The molecule has 0 saturated heterocycles. The van der Waals surface area contributed by atoms with Gasteiger partial charge in [-0.1, -0.05) is 17.7 Å². The van der Waals surface area contributed by atoms with E-state index in [2.05, 4.69) is 32.9 Å². The number of hydrogen-bond acceptors (Lipinski definition) is 2. The highest BCUT2D eigenvalue weighted by atomic mass is 32.2. The Balaban J connectivity index is 3.28. The Hall–Kier alpha value is -0.760. The second kappa shape index (κ2) is 3.97. The number of nitrogens with one attached hydrogen (secondary N) is 1. The molecule has 0 aliphatic rings. The van der Waals surface area contributed by atoms with Crippen LogP contribution in [0.15, 0.2) is 12.1 Å². The molecular weight excluding hydrogens is 178 g/mol. The van der Waals surface area contributed by atoms with Crippen molar-refractivity contribution in [2.45, 2.75) is 20.8 Å². The molecule has 0 aliphatic carbocycles. The lowest BCUT2D eigenvalue weighted by atomic mass is 10.0. The van der Waals surface area contributed by atoms with Crippen LogP contribution in [0.2, 0.25) is 0 Å². The van der Waals surface area contributed by atoms with E-state index in [-0.39, 0.29) is 0 Å². The Bertz CT molecular complexity index is 319. The first-order valence-electron chi connectivity index (χ1n) is 4.27. The standard InChI is InChI=1S/C11H15NS/c1-7-5-8(2)10(9(3)6-7)11(12)13-4/h5-6,12H,1-4H3. The van der Waals surface area contributed by atoms with E-state index < -0.39 is 0 Å². The summed E-state index contributed by atoms with van der Waals surface area (Å²) in [6.07, 6.45) is 1.95. The van der Waals surface area contributed by atoms with Crippen molar-refractivity contribution in [3.05, 3.63) is 34.4 Å². The minimum absolute atomic E-state index is 0.662. The lowest BCUT2D eigenvalue weighted by Crippen LogP contribution is -2.00. The molecule has 0 bridgehead atoms. The summed E-state index contributed by atoms with van der Waals surface area (Å²) in [7, 11) is 0. The number of benzene rings is 1. The summed E-state index contributed by atoms with van der Waals surface area (Å²) in [6.45, 7) is 6.23. The van der Waals surface area contributed by atoms with Crippen LogP contribution < -0.4 is 0 Å². The first-order chi connectivity index (χ1) is 6.06. The SMILES string of the molecule is CSC(=N)c1c(C)cc(C)cc1C. The minimum Gasteiger partial charge on any atom is -0.293 e. The van der Waals surface area contributed by atoms with Gasteiger partial charge in [-0.15, -0.1) is 11.8 Å². The minimum atomic E-state index is 0.662. The molecule has 1 N–H and O–H groups in total. The highest BCUT2D eigenvalue weighted by Crippen LogP contribution is 2.20. The van der Waals surface area contributed by atoms with E-state index in [9.17, 15) is 0 Å². The Morgan fingerprint density at radius 2 is 1.62 bits per heavy atom. The third kappa shape index (κ3) is 2.13. The van der Waals surface area contributed by atoms with Gasteiger partial charge >= 0.3 is 0 Å². The summed E-state index contributed by atoms with van der Waals surface area (Å²) in [6, 6.07) is 4.26. The zero-order valence-electron chi connectivity index (χ0n) is 8.56. The Morgan fingerprint density at radius 3 is 2.00 bits per heavy atom. The van der Waals surface area contributed by atoms with E-state index >= 15 is 0 Å². The van der Waals surface area contributed by atoms with Crippen molar-refractivity contribution in [2.24, 2.45) is 0 Å². The van der Waals surface area contributed by atoms with Gasteiger partial charge in [-0.25, -0.2) is 0 Å². The van der Waals surface area contributed by atoms with Gasteiger partial charge in [0.2, 0.25) is 0 Å². The normalized spacial score (nSPS) is 10.2. The molecule has 0 amide bonds. The molecule has 0 fully saturated rings. The van der Waals surface area contributed by atoms with Crippen LogP contribution >= 0.6 is 11.8 Å². The summed E-state index contributed by atoms with van der Waals surface area (Å²) in [5.74, 6) is 0. The number of hydrogen-bond donors (Lipinski definition) is 1. The van der Waals surface area contributed by atoms with Crippen LogP contribution in [0.1, 0.15) is 22.3 Å². The van der Waals surface area contributed by atoms with Gasteiger partial charge in [-0.3, -0.25) is 5.41 Å². The predicted molar refractivity (Wildman–Crippen MR) is 61.0 cm³/mol. The molecule has 70 valence electrons. The monoisotopic (exact) mass is 193 g/mol. The third-order valence-electron chi connectivity index (χ3n) is 2.11. The highest BCUT2D eigenvalue weighted by molar-refractivity contribution is 8.13. The van der Waals surface area contributed by atoms with Gasteiger partial charge < -0.3 is 0 Å². The van der Waals surface area contributed by atoms with Crippen LogP contribution in [0.5, 0.6) is 0 Å². The van der Waals surface area contributed by atoms with Crippen molar-refractivity contribution >= 4 is 16.8 Å². The summed E-state index contributed by atoms with van der Waals surface area (Å²) in [4.78, 5) is 0. The van der Waals surface area contributed by atoms with Crippen molar-refractivity contribution in [3.8, 4) is 0 Å². The van der Waals surface area contributed by atoms with Crippen LogP contribution in [-0.2, 0) is 0 Å². The van der Waals surface area contributed by atoms with E-state index in [4.69, 9.17) is 5.41 Å². The smallest absolute Gasteiger partial charge is 0.0945 e. The summed E-state index contributed by atoms with van der Waals surface area (Å²) >= 11 is 1.50. The first kappa shape index (κ1) is 10.3. The Kier molecular flexibility index (Phi) is 3.15. The van der Waals surface area contributed by atoms with Crippen molar-refractivity contribution < 1.29 is 0 Å². The van der Waals surface area contributed by atoms with Gasteiger partial charge in [0.25, 0.3) is 0 Å². The Labute approximate surface area is 84.1 Å². The number of aryl methyl sites for hydroxylation is 3. The molecule has 0 aliphatic heterocycles. The lowest BCUT2D eigenvalue weighted by molar-refractivity contribution is 1.30. The van der Waals surface area contributed by atoms with E-state index in [0.717, 1.165) is 5.56 Å². The zero-order valence-corrected chi connectivity index (χ0v) is 9.38. The highest BCUT2D eigenvalue weighted by Gasteiger charge is 2.07. The van der Waals surface area contributed by atoms with Crippen molar-refractivity contribution in [1.82, 2.24) is 0 Å². The quantitative estimate of drug-likeness (QED) is 0.537. The van der Waals surface area contributed by atoms with Crippen LogP contribution in [0.3, 0.4) is 0 Å². The molecule has 1 nitrogen and oxygen atoms in total. The van der Waals surface area contributed by atoms with Crippen molar-refractivity contribution in [2.75, 3.05) is 6.26 Å². The lowest BCUT2D eigenvalue weighted by Gasteiger charge is -2.10. The molecule has 13 heavy (non-hydrogen) atoms. The average Bonchev–Trinajstić information content (AvgIpc) is 2.02. The average molecular weight is 193 g/mol. The van der Waals surface area contributed by atoms with Crippen LogP contribution in [0.25, 0.3) is 0 Å². The van der Waals surface area contributed by atoms with Crippen molar-refractivity contribution in [3.63, 3.8) is 0 Å². The van der Waals surface area contributed by atoms with Gasteiger partial charge in [0, 0.05) is 5.56 Å². The maximum absolute atomic E-state index is 7.79. The van der Waals surface area contributed by atoms with E-state index in [1.807, 2.05) is 6.26 Å². The van der Waals surface area contributed by atoms with Crippen LogP contribution in [0.4, 0.5) is 0 Å². The maximum atomic E-state index is 7.79. The Morgan fingerprint density at radius 1 is 1.15 bits per heavy atom. The summed E-state index contributed by atoms with van der Waals surface area (Å²) in [5.41, 5.74) is 4.78. The van der Waals surface area contributed by atoms with E-state index in [1.165, 1.54) is 28.5 Å². The fourth-order valence-corrected chi connectivity index (χ4v) is 2.17. The molecule has 2 heteroatoms. The number of thioether (sulfide) groups is 1. The predicted octanol–water partition coefficient (Wildman–Crippen LogP) is 3.30. The van der Waals surface area contributed by atoms with Gasteiger partial charge in [0.05, 0.1) is 5.04 Å².